The van der Waals surface area contributed by atoms with Gasteiger partial charge in [-0.25, -0.2) is 4.98 Å². The van der Waals surface area contributed by atoms with Crippen molar-refractivity contribution < 1.29 is 4.74 Å². The SMILES string of the molecule is CN=C(NCCCCn1ccnc1C)NCC(c1ccc(C)s1)N1CCOCC1.I. The average molecular weight is 547 g/mol. The van der Waals surface area contributed by atoms with Gasteiger partial charge in [0, 0.05) is 61.9 Å². The lowest BCUT2D eigenvalue weighted by atomic mass is 10.2. The first-order valence-corrected chi connectivity index (χ1v) is 11.3. The van der Waals surface area contributed by atoms with Crippen molar-refractivity contribution in [1.29, 1.82) is 0 Å². The smallest absolute Gasteiger partial charge is 0.191 e. The number of ether oxygens (including phenoxy) is 1. The van der Waals surface area contributed by atoms with Crippen LogP contribution in [-0.2, 0) is 11.3 Å². The van der Waals surface area contributed by atoms with Crippen LogP contribution in [0.15, 0.2) is 29.5 Å². The summed E-state index contributed by atoms with van der Waals surface area (Å²) in [5, 5.41) is 6.99. The Labute approximate surface area is 201 Å². The van der Waals surface area contributed by atoms with Crippen LogP contribution in [-0.4, -0.2) is 66.9 Å². The van der Waals surface area contributed by atoms with Crippen LogP contribution in [0.2, 0.25) is 0 Å². The van der Waals surface area contributed by atoms with Gasteiger partial charge in [0.1, 0.15) is 5.82 Å². The molecule has 1 unspecified atom stereocenters. The summed E-state index contributed by atoms with van der Waals surface area (Å²) in [6, 6.07) is 4.82. The highest BCUT2D eigenvalue weighted by Crippen LogP contribution is 2.27. The van der Waals surface area contributed by atoms with Gasteiger partial charge in [-0.3, -0.25) is 9.89 Å². The number of hydrogen-bond acceptors (Lipinski definition) is 5. The quantitative estimate of drug-likeness (QED) is 0.219. The second-order valence-corrected chi connectivity index (χ2v) is 8.69. The van der Waals surface area contributed by atoms with Crippen molar-refractivity contribution in [2.75, 3.05) is 46.4 Å². The van der Waals surface area contributed by atoms with E-state index in [0.29, 0.717) is 6.04 Å². The molecule has 9 heteroatoms. The van der Waals surface area contributed by atoms with E-state index in [2.05, 4.69) is 49.1 Å². The maximum Gasteiger partial charge on any atom is 0.191 e. The second-order valence-electron chi connectivity index (χ2n) is 7.37. The van der Waals surface area contributed by atoms with Crippen molar-refractivity contribution in [3.63, 3.8) is 0 Å². The number of hydrogen-bond donors (Lipinski definition) is 2. The number of unbranched alkanes of at least 4 members (excludes halogenated alkanes) is 1. The Morgan fingerprint density at radius 3 is 2.67 bits per heavy atom. The van der Waals surface area contributed by atoms with Gasteiger partial charge in [0.05, 0.1) is 19.3 Å². The van der Waals surface area contributed by atoms with Gasteiger partial charge < -0.3 is 19.9 Å². The van der Waals surface area contributed by atoms with E-state index >= 15 is 0 Å². The molecule has 0 saturated carbocycles. The van der Waals surface area contributed by atoms with Crippen LogP contribution >= 0.6 is 35.3 Å². The van der Waals surface area contributed by atoms with E-state index in [4.69, 9.17) is 4.74 Å². The van der Waals surface area contributed by atoms with Gasteiger partial charge in [-0.15, -0.1) is 35.3 Å². The van der Waals surface area contributed by atoms with Crippen molar-refractivity contribution in [2.45, 2.75) is 39.3 Å². The van der Waals surface area contributed by atoms with E-state index in [0.717, 1.165) is 70.6 Å². The molecule has 2 aromatic rings. The monoisotopic (exact) mass is 546 g/mol. The van der Waals surface area contributed by atoms with Crippen LogP contribution in [0.3, 0.4) is 0 Å². The maximum absolute atomic E-state index is 5.55. The molecule has 0 aromatic carbocycles. The summed E-state index contributed by atoms with van der Waals surface area (Å²) < 4.78 is 7.74. The highest BCUT2D eigenvalue weighted by molar-refractivity contribution is 14.0. The maximum atomic E-state index is 5.55. The first kappa shape index (κ1) is 25.1. The first-order chi connectivity index (χ1) is 14.2. The molecule has 1 aliphatic rings. The molecule has 2 N–H and O–H groups in total. The van der Waals surface area contributed by atoms with E-state index < -0.39 is 0 Å². The van der Waals surface area contributed by atoms with Gasteiger partial charge >= 0.3 is 0 Å². The van der Waals surface area contributed by atoms with Crippen LogP contribution < -0.4 is 10.6 Å². The van der Waals surface area contributed by atoms with Crippen molar-refractivity contribution >= 4 is 41.3 Å². The molecular weight excluding hydrogens is 511 g/mol. The number of imidazole rings is 1. The lowest BCUT2D eigenvalue weighted by Gasteiger charge is -2.34. The third-order valence-electron chi connectivity index (χ3n) is 5.30. The van der Waals surface area contributed by atoms with Crippen molar-refractivity contribution in [3.8, 4) is 0 Å². The van der Waals surface area contributed by atoms with Gasteiger partial charge in [0.15, 0.2) is 5.96 Å². The Bertz CT molecular complexity index is 771. The van der Waals surface area contributed by atoms with Gasteiger partial charge in [0.25, 0.3) is 0 Å². The molecule has 1 saturated heterocycles. The number of halogens is 1. The van der Waals surface area contributed by atoms with E-state index in [1.807, 2.05) is 37.7 Å². The fourth-order valence-electron chi connectivity index (χ4n) is 3.60. The van der Waals surface area contributed by atoms with Crippen LogP contribution in [0, 0.1) is 13.8 Å². The van der Waals surface area contributed by atoms with Gasteiger partial charge in [-0.2, -0.15) is 0 Å². The average Bonchev–Trinajstić information content (AvgIpc) is 3.35. The molecule has 0 radical (unpaired) electrons. The Kier molecular flexibility index (Phi) is 11.1. The third-order valence-corrected chi connectivity index (χ3v) is 6.41. The van der Waals surface area contributed by atoms with Crippen LogP contribution in [0.1, 0.15) is 34.5 Å². The number of guanidine groups is 1. The summed E-state index contributed by atoms with van der Waals surface area (Å²) in [5.74, 6) is 1.95. The highest BCUT2D eigenvalue weighted by atomic mass is 127. The minimum atomic E-state index is 0. The zero-order valence-electron chi connectivity index (χ0n) is 18.3. The minimum Gasteiger partial charge on any atom is -0.379 e. The Morgan fingerprint density at radius 1 is 1.23 bits per heavy atom. The topological polar surface area (TPSA) is 66.7 Å². The van der Waals surface area contributed by atoms with Gasteiger partial charge in [-0.1, -0.05) is 0 Å². The Hall–Kier alpha value is -1.17. The number of aliphatic imine (C=N–C) groups is 1. The molecule has 30 heavy (non-hydrogen) atoms. The van der Waals surface area contributed by atoms with Gasteiger partial charge in [-0.05, 0) is 38.8 Å². The summed E-state index contributed by atoms with van der Waals surface area (Å²) >= 11 is 1.88. The molecule has 168 valence electrons. The summed E-state index contributed by atoms with van der Waals surface area (Å²) in [6.45, 7) is 10.5. The summed E-state index contributed by atoms with van der Waals surface area (Å²) in [6.07, 6.45) is 6.11. The van der Waals surface area contributed by atoms with Crippen molar-refractivity contribution in [1.82, 2.24) is 25.1 Å². The molecule has 0 aliphatic carbocycles. The predicted molar refractivity (Wildman–Crippen MR) is 135 cm³/mol. The molecule has 3 rings (SSSR count). The molecule has 0 spiro atoms. The zero-order valence-corrected chi connectivity index (χ0v) is 21.4. The molecule has 1 aliphatic heterocycles. The highest BCUT2D eigenvalue weighted by Gasteiger charge is 2.24. The van der Waals surface area contributed by atoms with Crippen LogP contribution in [0.25, 0.3) is 0 Å². The van der Waals surface area contributed by atoms with Crippen molar-refractivity contribution in [2.24, 2.45) is 4.99 Å². The van der Waals surface area contributed by atoms with Crippen LogP contribution in [0.4, 0.5) is 0 Å². The number of nitrogens with zero attached hydrogens (tertiary/aromatic N) is 4. The fourth-order valence-corrected chi connectivity index (χ4v) is 4.61. The van der Waals surface area contributed by atoms with Gasteiger partial charge in [0.2, 0.25) is 0 Å². The number of rotatable bonds is 9. The van der Waals surface area contributed by atoms with E-state index in [9.17, 15) is 0 Å². The first-order valence-electron chi connectivity index (χ1n) is 10.5. The number of aryl methyl sites for hydroxylation is 3. The van der Waals surface area contributed by atoms with E-state index in [1.54, 1.807) is 0 Å². The molecule has 0 bridgehead atoms. The zero-order chi connectivity index (χ0) is 20.5. The lowest BCUT2D eigenvalue weighted by molar-refractivity contribution is 0.0177. The second kappa shape index (κ2) is 13.3. The normalized spacial score (nSPS) is 16.2. The molecule has 3 heterocycles. The molecule has 0 amide bonds. The Balaban J connectivity index is 0.00000320. The van der Waals surface area contributed by atoms with E-state index in [1.165, 1.54) is 9.75 Å². The standard InChI is InChI=1S/C21H34N6OS.HI/c1-17-6-7-20(29-17)19(27-12-14-28-15-13-27)16-25-21(22-3)24-8-4-5-10-26-11-9-23-18(26)2;/h6-7,9,11,19H,4-5,8,10,12-16H2,1-3H3,(H2,22,24,25);1H. The molecule has 1 fully saturated rings. The predicted octanol–water partition coefficient (Wildman–Crippen LogP) is 3.20. The number of morpholine rings is 1. The summed E-state index contributed by atoms with van der Waals surface area (Å²) in [5.41, 5.74) is 0. The lowest BCUT2D eigenvalue weighted by Crippen LogP contribution is -2.46. The summed E-state index contributed by atoms with van der Waals surface area (Å²) in [4.78, 5) is 14.0. The fraction of sp³-hybridized carbons (Fsp3) is 0.619. The molecule has 7 nitrogen and oxygen atoms in total. The largest absolute Gasteiger partial charge is 0.379 e. The molecule has 2 aromatic heterocycles. The van der Waals surface area contributed by atoms with Crippen LogP contribution in [0.5, 0.6) is 0 Å². The van der Waals surface area contributed by atoms with Crippen molar-refractivity contribution in [3.05, 3.63) is 40.1 Å². The summed E-state index contributed by atoms with van der Waals surface area (Å²) in [7, 11) is 1.84. The number of thiophene rings is 1. The number of aromatic nitrogens is 2. The Morgan fingerprint density at radius 2 is 2.03 bits per heavy atom. The minimum absolute atomic E-state index is 0. The third kappa shape index (κ3) is 7.51. The van der Waals surface area contributed by atoms with E-state index in [-0.39, 0.29) is 24.0 Å². The molecule has 1 atom stereocenters. The number of nitrogens with one attached hydrogen (secondary N) is 2. The molecular formula is C21H35IN6OS.